The second-order valence-electron chi connectivity index (χ2n) is 5.57. The minimum Gasteiger partial charge on any atom is -0.503 e. The smallest absolute Gasteiger partial charge is 0.274 e. The van der Waals surface area contributed by atoms with Gasteiger partial charge in [0.1, 0.15) is 17.1 Å². The summed E-state index contributed by atoms with van der Waals surface area (Å²) in [7, 11) is 1.43. The van der Waals surface area contributed by atoms with Crippen LogP contribution in [0.2, 0.25) is 5.02 Å². The Labute approximate surface area is 155 Å². The maximum absolute atomic E-state index is 12.6. The number of aromatic nitrogens is 3. The monoisotopic (exact) mass is 389 g/mol. The first kappa shape index (κ1) is 16.6. The summed E-state index contributed by atoms with van der Waals surface area (Å²) >= 11 is 7.24. The topological polar surface area (TPSA) is 89.9 Å². The number of hydrogen-bond acceptors (Lipinski definition) is 7. The predicted molar refractivity (Wildman–Crippen MR) is 98.0 cm³/mol. The van der Waals surface area contributed by atoms with Gasteiger partial charge < -0.3 is 14.4 Å². The van der Waals surface area contributed by atoms with Gasteiger partial charge in [0, 0.05) is 12.3 Å². The van der Waals surface area contributed by atoms with Gasteiger partial charge in [-0.25, -0.2) is 4.98 Å². The van der Waals surface area contributed by atoms with Crippen molar-refractivity contribution in [2.45, 2.75) is 6.92 Å². The fourth-order valence-corrected chi connectivity index (χ4v) is 3.70. The molecule has 3 aromatic heterocycles. The highest BCUT2D eigenvalue weighted by Crippen LogP contribution is 2.35. The predicted octanol–water partition coefficient (Wildman–Crippen LogP) is 2.63. The van der Waals surface area contributed by atoms with Crippen LogP contribution in [0.25, 0.3) is 22.4 Å². The lowest BCUT2D eigenvalue weighted by molar-refractivity contribution is 0.373. The Balaban J connectivity index is 1.82. The lowest BCUT2D eigenvalue weighted by atomic mass is 10.2. The van der Waals surface area contributed by atoms with Crippen LogP contribution in [0, 0.1) is 6.92 Å². The van der Waals surface area contributed by atoms with E-state index >= 15 is 0 Å². The van der Waals surface area contributed by atoms with Crippen LogP contribution in [0.4, 0.5) is 0 Å². The average Bonchev–Trinajstić information content (AvgIpc) is 3.28. The molecule has 9 heteroatoms. The molecule has 1 N–H and O–H groups in total. The van der Waals surface area contributed by atoms with Crippen molar-refractivity contribution < 1.29 is 14.4 Å². The minimum absolute atomic E-state index is 0.137. The molecule has 1 aromatic carbocycles. The zero-order chi connectivity index (χ0) is 18.4. The van der Waals surface area contributed by atoms with Crippen LogP contribution in [0.1, 0.15) is 11.3 Å². The third-order valence-corrected chi connectivity index (χ3v) is 5.03. The molecule has 0 saturated carbocycles. The van der Waals surface area contributed by atoms with Gasteiger partial charge in [0.15, 0.2) is 16.5 Å². The van der Waals surface area contributed by atoms with Gasteiger partial charge in [0.25, 0.3) is 5.56 Å². The largest absolute Gasteiger partial charge is 0.503 e. The summed E-state index contributed by atoms with van der Waals surface area (Å²) in [4.78, 5) is 17.6. The Kier molecular flexibility index (Phi) is 3.93. The Morgan fingerprint density at radius 1 is 1.35 bits per heavy atom. The maximum Gasteiger partial charge on any atom is 0.274 e. The number of phenols is 1. The van der Waals surface area contributed by atoms with E-state index < -0.39 is 0 Å². The third kappa shape index (κ3) is 2.73. The van der Waals surface area contributed by atoms with Crippen LogP contribution >= 0.6 is 22.9 Å². The van der Waals surface area contributed by atoms with E-state index in [2.05, 4.69) is 10.1 Å². The molecule has 26 heavy (non-hydrogen) atoms. The first-order chi connectivity index (χ1) is 12.5. The number of imidazole rings is 1. The first-order valence-electron chi connectivity index (χ1n) is 7.50. The average molecular weight is 390 g/mol. The Bertz CT molecular complexity index is 1240. The Hall–Kier alpha value is -2.84. The fourth-order valence-electron chi connectivity index (χ4n) is 2.53. The number of halogens is 1. The molecule has 0 unspecified atom stereocenters. The van der Waals surface area contributed by atoms with Crippen LogP contribution < -0.4 is 14.8 Å². The zero-order valence-corrected chi connectivity index (χ0v) is 15.3. The quantitative estimate of drug-likeness (QED) is 0.579. The molecule has 0 saturated heterocycles. The number of fused-ring (bicyclic) bond motifs is 1. The van der Waals surface area contributed by atoms with Crippen molar-refractivity contribution in [2.75, 3.05) is 7.11 Å². The number of aryl methyl sites for hydroxylation is 1. The van der Waals surface area contributed by atoms with Crippen molar-refractivity contribution in [3.05, 3.63) is 55.6 Å². The number of rotatable bonds is 3. The molecule has 7 nitrogen and oxygen atoms in total. The number of phenolic OH excluding ortho intramolecular Hbond substituents is 1. The molecule has 0 aliphatic carbocycles. The zero-order valence-electron chi connectivity index (χ0n) is 13.7. The van der Waals surface area contributed by atoms with Gasteiger partial charge in [-0.1, -0.05) is 28.1 Å². The second-order valence-corrected chi connectivity index (χ2v) is 6.99. The summed E-state index contributed by atoms with van der Waals surface area (Å²) in [6.07, 6.45) is 3.31. The number of nitrogens with zero attached hydrogens (tertiary/aromatic N) is 3. The number of ether oxygens (including phenoxy) is 1. The molecule has 3 heterocycles. The second kappa shape index (κ2) is 6.15. The van der Waals surface area contributed by atoms with Gasteiger partial charge in [-0.3, -0.25) is 9.20 Å². The summed E-state index contributed by atoms with van der Waals surface area (Å²) in [5.74, 6) is 0.772. The molecule has 0 atom stereocenters. The highest BCUT2D eigenvalue weighted by Gasteiger charge is 2.13. The van der Waals surface area contributed by atoms with Crippen molar-refractivity contribution in [1.29, 1.82) is 0 Å². The summed E-state index contributed by atoms with van der Waals surface area (Å²) in [6.45, 7) is 1.79. The molecule has 4 aromatic rings. The van der Waals surface area contributed by atoms with Crippen LogP contribution in [0.3, 0.4) is 0 Å². The highest BCUT2D eigenvalue weighted by molar-refractivity contribution is 7.15. The van der Waals surface area contributed by atoms with E-state index in [0.29, 0.717) is 32.2 Å². The molecule has 0 bridgehead atoms. The van der Waals surface area contributed by atoms with E-state index in [1.54, 1.807) is 37.4 Å². The molecule has 4 rings (SSSR count). The lowest BCUT2D eigenvalue weighted by Gasteiger charge is -2.05. The van der Waals surface area contributed by atoms with Gasteiger partial charge in [-0.15, -0.1) is 0 Å². The van der Waals surface area contributed by atoms with Crippen LogP contribution in [0.5, 0.6) is 11.5 Å². The van der Waals surface area contributed by atoms with Crippen LogP contribution in [-0.2, 0) is 0 Å². The van der Waals surface area contributed by atoms with Gasteiger partial charge in [0.05, 0.1) is 16.7 Å². The van der Waals surface area contributed by atoms with E-state index in [4.69, 9.17) is 20.9 Å². The molecule has 0 aliphatic rings. The summed E-state index contributed by atoms with van der Waals surface area (Å²) in [5.41, 5.74) is 1.59. The third-order valence-electron chi connectivity index (χ3n) is 3.76. The standard InChI is InChI=1S/C17H12ClN3O4S/c1-8-3-11(20-25-8)12-7-21-16(23)14(26-17(21)19-12)6-9-4-10(18)15(22)13(5-9)24-2/h3-7,22H,1-2H3/b14-6-. The number of benzene rings is 1. The Morgan fingerprint density at radius 2 is 2.15 bits per heavy atom. The van der Waals surface area contributed by atoms with Crippen molar-refractivity contribution in [1.82, 2.24) is 14.5 Å². The normalized spacial score (nSPS) is 12.2. The van der Waals surface area contributed by atoms with Crippen molar-refractivity contribution >= 4 is 34.0 Å². The maximum atomic E-state index is 12.6. The van der Waals surface area contributed by atoms with Crippen LogP contribution in [0.15, 0.2) is 33.7 Å². The summed E-state index contributed by atoms with van der Waals surface area (Å²) in [6, 6.07) is 4.92. The number of aromatic hydroxyl groups is 1. The van der Waals surface area contributed by atoms with E-state index in [0.717, 1.165) is 0 Å². The van der Waals surface area contributed by atoms with Crippen molar-refractivity contribution in [3.8, 4) is 22.9 Å². The molecule has 0 aliphatic heterocycles. The van der Waals surface area contributed by atoms with E-state index in [1.807, 2.05) is 0 Å². The molecule has 0 fully saturated rings. The molecular weight excluding hydrogens is 378 g/mol. The van der Waals surface area contributed by atoms with Gasteiger partial charge in [-0.05, 0) is 30.7 Å². The van der Waals surface area contributed by atoms with Gasteiger partial charge in [-0.2, -0.15) is 0 Å². The van der Waals surface area contributed by atoms with E-state index in [1.165, 1.54) is 22.8 Å². The summed E-state index contributed by atoms with van der Waals surface area (Å²) < 4.78 is 12.1. The fraction of sp³-hybridized carbons (Fsp3) is 0.118. The van der Waals surface area contributed by atoms with Crippen molar-refractivity contribution in [3.63, 3.8) is 0 Å². The van der Waals surface area contributed by atoms with E-state index in [-0.39, 0.29) is 22.1 Å². The minimum atomic E-state index is -0.202. The molecule has 0 radical (unpaired) electrons. The van der Waals surface area contributed by atoms with E-state index in [9.17, 15) is 9.90 Å². The summed E-state index contributed by atoms with van der Waals surface area (Å²) in [5, 5.41) is 13.9. The Morgan fingerprint density at radius 3 is 2.81 bits per heavy atom. The highest BCUT2D eigenvalue weighted by atomic mass is 35.5. The van der Waals surface area contributed by atoms with Gasteiger partial charge in [0.2, 0.25) is 0 Å². The van der Waals surface area contributed by atoms with Gasteiger partial charge >= 0.3 is 0 Å². The number of methoxy groups -OCH3 is 1. The lowest BCUT2D eigenvalue weighted by Crippen LogP contribution is -2.22. The molecule has 0 spiro atoms. The molecule has 0 amide bonds. The molecule has 132 valence electrons. The van der Waals surface area contributed by atoms with Crippen molar-refractivity contribution in [2.24, 2.45) is 0 Å². The molecular formula is C17H12ClN3O4S. The number of hydrogen-bond donors (Lipinski definition) is 1. The first-order valence-corrected chi connectivity index (χ1v) is 8.69. The number of thiazole rings is 1. The SMILES string of the molecule is COc1cc(/C=c2\sc3nc(-c4cc(C)on4)cn3c2=O)cc(Cl)c1O. The van der Waals surface area contributed by atoms with Crippen LogP contribution in [-0.4, -0.2) is 26.8 Å².